The quantitative estimate of drug-likeness (QED) is 0.495. The van der Waals surface area contributed by atoms with Crippen LogP contribution in [0.1, 0.15) is 0 Å². The van der Waals surface area contributed by atoms with Crippen LogP contribution in [-0.4, -0.2) is 5.16 Å². The molecule has 0 N–H and O–H groups in total. The molecule has 0 aliphatic carbocycles. The third-order valence-electron chi connectivity index (χ3n) is 0.406. The molecule has 0 atom stereocenters. The van der Waals surface area contributed by atoms with E-state index in [4.69, 9.17) is 11.6 Å². The average molecular weight is 104 g/mol. The summed E-state index contributed by atoms with van der Waals surface area (Å²) in [6.07, 6.45) is 1.49. The zero-order valence-electron chi connectivity index (χ0n) is 2.89. The Labute approximate surface area is 39.7 Å². The number of nitrogens with zero attached hydrogens (tertiary/aromatic N) is 1. The highest BCUT2D eigenvalue weighted by Gasteiger charge is 1.81. The summed E-state index contributed by atoms with van der Waals surface area (Å²) in [6.45, 7) is 0. The van der Waals surface area contributed by atoms with Crippen molar-refractivity contribution < 1.29 is 4.52 Å². The Balaban J connectivity index is 3.05. The predicted octanol–water partition coefficient (Wildman–Crippen LogP) is 1.33. The molecule has 0 saturated heterocycles. The van der Waals surface area contributed by atoms with E-state index in [0.717, 1.165) is 0 Å². The summed E-state index contributed by atoms with van der Waals surface area (Å²) < 4.78 is 4.35. The molecular weight excluding hydrogens is 101 g/mol. The first-order valence-corrected chi connectivity index (χ1v) is 1.83. The van der Waals surface area contributed by atoms with Crippen molar-refractivity contribution in [2.75, 3.05) is 0 Å². The normalized spacial score (nSPS) is 8.83. The lowest BCUT2D eigenvalue weighted by molar-refractivity contribution is 0.421. The van der Waals surface area contributed by atoms with Gasteiger partial charge in [0.2, 0.25) is 5.22 Å². The smallest absolute Gasteiger partial charge is 0.225 e. The second kappa shape index (κ2) is 1.30. The molecule has 1 aromatic rings. The van der Waals surface area contributed by atoms with Gasteiger partial charge in [-0.15, -0.1) is 0 Å². The summed E-state index contributed by atoms with van der Waals surface area (Å²) >= 11 is 5.23. The lowest BCUT2D eigenvalue weighted by Crippen LogP contribution is -1.41. The van der Waals surface area contributed by atoms with E-state index in [1.165, 1.54) is 6.20 Å². The summed E-state index contributed by atoms with van der Waals surface area (Å²) in [6, 6.07) is 1.57. The van der Waals surface area contributed by atoms with Crippen LogP contribution in [0.3, 0.4) is 0 Å². The number of aromatic nitrogens is 1. The zero-order chi connectivity index (χ0) is 4.41. The Morgan fingerprint density at radius 3 is 2.83 bits per heavy atom. The van der Waals surface area contributed by atoms with Crippen LogP contribution in [0.4, 0.5) is 0 Å². The molecule has 1 rings (SSSR count). The van der Waals surface area contributed by atoms with Gasteiger partial charge in [-0.25, -0.2) is 0 Å². The van der Waals surface area contributed by atoms with E-state index in [1.807, 2.05) is 0 Å². The van der Waals surface area contributed by atoms with Gasteiger partial charge in [0.25, 0.3) is 0 Å². The third-order valence-corrected chi connectivity index (χ3v) is 0.601. The first-order chi connectivity index (χ1) is 2.89. The van der Waals surface area contributed by atoms with E-state index in [1.54, 1.807) is 6.07 Å². The molecular formula is C3H2ClNO. The molecule has 2 nitrogen and oxygen atoms in total. The first kappa shape index (κ1) is 3.68. The molecule has 1 aromatic heterocycles. The Bertz CT molecular complexity index is 114. The highest BCUT2D eigenvalue weighted by Crippen LogP contribution is 2.01. The minimum absolute atomic E-state index is 0.329. The van der Waals surface area contributed by atoms with E-state index in [2.05, 4.69) is 9.68 Å². The van der Waals surface area contributed by atoms with Crippen LogP contribution in [0.25, 0.3) is 0 Å². The van der Waals surface area contributed by atoms with Crippen molar-refractivity contribution in [1.29, 1.82) is 0 Å². The van der Waals surface area contributed by atoms with E-state index in [-0.39, 0.29) is 0 Å². The van der Waals surface area contributed by atoms with Crippen LogP contribution >= 0.6 is 11.6 Å². The molecule has 0 aromatic carbocycles. The molecule has 1 heterocycles. The predicted molar refractivity (Wildman–Crippen MR) is 21.5 cm³/mol. The summed E-state index contributed by atoms with van der Waals surface area (Å²) in [4.78, 5) is 0. The van der Waals surface area contributed by atoms with Crippen molar-refractivity contribution in [3.8, 4) is 0 Å². The van der Waals surface area contributed by atoms with Gasteiger partial charge in [0.15, 0.2) is 0 Å². The minimum Gasteiger partial charge on any atom is -0.344 e. The van der Waals surface area contributed by atoms with Crippen LogP contribution < -0.4 is 0 Å². The second-order valence-electron chi connectivity index (χ2n) is 0.817. The fraction of sp³-hybridized carbons (Fsp3) is 0. The number of rotatable bonds is 0. The summed E-state index contributed by atoms with van der Waals surface area (Å²) in [7, 11) is 0. The highest BCUT2D eigenvalue weighted by atomic mass is 35.5. The van der Waals surface area contributed by atoms with E-state index < -0.39 is 0 Å². The molecule has 6 heavy (non-hydrogen) atoms. The van der Waals surface area contributed by atoms with Gasteiger partial charge in [0.1, 0.15) is 0 Å². The van der Waals surface area contributed by atoms with Crippen molar-refractivity contribution in [1.82, 2.24) is 5.16 Å². The lowest BCUT2D eigenvalue weighted by atomic mass is 10.8. The summed E-state index contributed by atoms with van der Waals surface area (Å²) in [5.41, 5.74) is 0. The number of halogens is 1. The maximum Gasteiger partial charge on any atom is 0.225 e. The van der Waals surface area contributed by atoms with Gasteiger partial charge in [-0.3, -0.25) is 0 Å². The van der Waals surface area contributed by atoms with E-state index >= 15 is 0 Å². The van der Waals surface area contributed by atoms with Gasteiger partial charge in [0.05, 0.1) is 6.20 Å². The molecule has 3 heteroatoms. The lowest BCUT2D eigenvalue weighted by Gasteiger charge is -1.61. The largest absolute Gasteiger partial charge is 0.344 e. The SMILES string of the molecule is Clc1ccno1. The van der Waals surface area contributed by atoms with Crippen LogP contribution in [0.15, 0.2) is 16.8 Å². The molecule has 0 fully saturated rings. The van der Waals surface area contributed by atoms with Gasteiger partial charge in [-0.1, -0.05) is 5.16 Å². The molecule has 0 unspecified atom stereocenters. The summed E-state index contributed by atoms with van der Waals surface area (Å²) in [5.74, 6) is 0. The number of hydrogen-bond donors (Lipinski definition) is 0. The summed E-state index contributed by atoms with van der Waals surface area (Å²) in [5, 5.41) is 3.64. The Morgan fingerprint density at radius 1 is 1.83 bits per heavy atom. The fourth-order valence-corrected chi connectivity index (χ4v) is 0.296. The molecule has 0 amide bonds. The Hall–Kier alpha value is -0.500. The average Bonchev–Trinajstić information content (AvgIpc) is 1.86. The van der Waals surface area contributed by atoms with Crippen molar-refractivity contribution in [3.05, 3.63) is 17.5 Å². The van der Waals surface area contributed by atoms with Crippen molar-refractivity contribution in [2.45, 2.75) is 0 Å². The molecule has 0 saturated carbocycles. The second-order valence-corrected chi connectivity index (χ2v) is 1.19. The molecule has 32 valence electrons. The highest BCUT2D eigenvalue weighted by molar-refractivity contribution is 6.28. The van der Waals surface area contributed by atoms with Crippen LogP contribution in [-0.2, 0) is 0 Å². The number of hydrogen-bond acceptors (Lipinski definition) is 2. The van der Waals surface area contributed by atoms with E-state index in [0.29, 0.717) is 5.22 Å². The fourth-order valence-electron chi connectivity index (χ4n) is 0.200. The van der Waals surface area contributed by atoms with Gasteiger partial charge in [-0.2, -0.15) is 0 Å². The van der Waals surface area contributed by atoms with Crippen LogP contribution in [0.2, 0.25) is 5.22 Å². The van der Waals surface area contributed by atoms with Crippen molar-refractivity contribution in [2.24, 2.45) is 0 Å². The minimum atomic E-state index is 0.329. The monoisotopic (exact) mass is 103 g/mol. The van der Waals surface area contributed by atoms with Gasteiger partial charge in [0, 0.05) is 6.07 Å². The van der Waals surface area contributed by atoms with Gasteiger partial charge in [-0.05, 0) is 11.6 Å². The van der Waals surface area contributed by atoms with Crippen LogP contribution in [0, 0.1) is 0 Å². The Kier molecular flexibility index (Phi) is 0.801. The standard InChI is InChI=1S/C3H2ClNO/c4-3-1-2-5-6-3/h1-2H. The maximum absolute atomic E-state index is 5.23. The van der Waals surface area contributed by atoms with Gasteiger partial charge >= 0.3 is 0 Å². The maximum atomic E-state index is 5.23. The Morgan fingerprint density at radius 2 is 2.67 bits per heavy atom. The third kappa shape index (κ3) is 0.518. The van der Waals surface area contributed by atoms with Crippen LogP contribution in [0.5, 0.6) is 0 Å². The van der Waals surface area contributed by atoms with Crippen molar-refractivity contribution >= 4 is 11.6 Å². The molecule has 0 bridgehead atoms. The first-order valence-electron chi connectivity index (χ1n) is 1.46. The topological polar surface area (TPSA) is 26.0 Å². The van der Waals surface area contributed by atoms with Gasteiger partial charge < -0.3 is 4.52 Å². The molecule has 0 spiro atoms. The molecule has 0 radical (unpaired) electrons. The zero-order valence-corrected chi connectivity index (χ0v) is 3.64. The van der Waals surface area contributed by atoms with Crippen molar-refractivity contribution in [3.63, 3.8) is 0 Å². The molecule has 0 aliphatic heterocycles. The molecule has 0 aliphatic rings. The van der Waals surface area contributed by atoms with E-state index in [9.17, 15) is 0 Å².